The average Bonchev–Trinajstić information content (AvgIpc) is 2.69. The van der Waals surface area contributed by atoms with Gasteiger partial charge in [0.05, 0.1) is 5.69 Å². The van der Waals surface area contributed by atoms with Gasteiger partial charge in [0.15, 0.2) is 5.82 Å². The molecule has 4 nitrogen and oxygen atoms in total. The maximum atomic E-state index is 13.3. The van der Waals surface area contributed by atoms with Gasteiger partial charge in [0.2, 0.25) is 0 Å². The molecule has 0 saturated heterocycles. The highest BCUT2D eigenvalue weighted by Crippen LogP contribution is 2.26. The summed E-state index contributed by atoms with van der Waals surface area (Å²) in [7, 11) is 0. The lowest BCUT2D eigenvalue weighted by Gasteiger charge is -2.17. The number of benzene rings is 1. The van der Waals surface area contributed by atoms with E-state index in [-0.39, 0.29) is 11.2 Å². The number of rotatable bonds is 1. The van der Waals surface area contributed by atoms with Gasteiger partial charge >= 0.3 is 0 Å². The van der Waals surface area contributed by atoms with Crippen molar-refractivity contribution in [2.75, 3.05) is 0 Å². The van der Waals surface area contributed by atoms with Crippen LogP contribution in [0.15, 0.2) is 22.7 Å². The molecule has 0 unspecified atom stereocenters. The second-order valence-corrected chi connectivity index (χ2v) is 5.61. The Kier molecular flexibility index (Phi) is 2.99. The Hall–Kier alpha value is -1.30. The van der Waals surface area contributed by atoms with Crippen LogP contribution < -0.4 is 0 Å². The van der Waals surface area contributed by atoms with E-state index in [0.29, 0.717) is 11.5 Å². The molecular weight excluding hydrogens is 287 g/mol. The molecule has 0 aliphatic heterocycles. The van der Waals surface area contributed by atoms with Gasteiger partial charge in [0.1, 0.15) is 5.82 Å². The molecule has 90 valence electrons. The minimum atomic E-state index is -0.321. The monoisotopic (exact) mass is 298 g/mol. The normalized spacial score (nSPS) is 11.8. The van der Waals surface area contributed by atoms with Crippen LogP contribution in [0.1, 0.15) is 26.6 Å². The first kappa shape index (κ1) is 12.2. The van der Waals surface area contributed by atoms with E-state index >= 15 is 0 Å². The molecular formula is C11H12BrFN4. The van der Waals surface area contributed by atoms with Crippen molar-refractivity contribution in [1.29, 1.82) is 0 Å². The van der Waals surface area contributed by atoms with Crippen molar-refractivity contribution in [3.8, 4) is 5.69 Å². The van der Waals surface area contributed by atoms with E-state index in [1.807, 2.05) is 20.8 Å². The summed E-state index contributed by atoms with van der Waals surface area (Å²) in [5.41, 5.74) is 0.384. The molecule has 2 rings (SSSR count). The first-order chi connectivity index (χ1) is 7.89. The van der Waals surface area contributed by atoms with Gasteiger partial charge in [-0.1, -0.05) is 20.8 Å². The number of halogens is 2. The molecule has 2 aromatic rings. The molecule has 0 bridgehead atoms. The van der Waals surface area contributed by atoms with E-state index in [4.69, 9.17) is 0 Å². The third kappa shape index (κ3) is 2.36. The van der Waals surface area contributed by atoms with E-state index in [9.17, 15) is 4.39 Å². The second-order valence-electron chi connectivity index (χ2n) is 4.76. The fourth-order valence-corrected chi connectivity index (χ4v) is 1.88. The smallest absolute Gasteiger partial charge is 0.162 e. The van der Waals surface area contributed by atoms with Gasteiger partial charge in [-0.05, 0) is 38.5 Å². The number of hydrogen-bond donors (Lipinski definition) is 0. The lowest BCUT2D eigenvalue weighted by Crippen LogP contribution is -2.19. The summed E-state index contributed by atoms with van der Waals surface area (Å²) in [6.45, 7) is 6.01. The molecule has 17 heavy (non-hydrogen) atoms. The molecule has 0 aliphatic rings. The Labute approximate surface area is 107 Å². The molecule has 0 fully saturated rings. The molecule has 0 spiro atoms. The number of aromatic nitrogens is 4. The van der Waals surface area contributed by atoms with Gasteiger partial charge in [0, 0.05) is 16.0 Å². The van der Waals surface area contributed by atoms with Gasteiger partial charge in [0.25, 0.3) is 0 Å². The van der Waals surface area contributed by atoms with Gasteiger partial charge in [-0.3, -0.25) is 0 Å². The molecule has 1 aromatic carbocycles. The fourth-order valence-electron chi connectivity index (χ4n) is 1.47. The zero-order valence-corrected chi connectivity index (χ0v) is 11.4. The summed E-state index contributed by atoms with van der Waals surface area (Å²) in [4.78, 5) is 0. The zero-order valence-electron chi connectivity index (χ0n) is 9.78. The maximum Gasteiger partial charge on any atom is 0.162 e. The molecule has 0 aliphatic carbocycles. The Morgan fingerprint density at radius 3 is 2.65 bits per heavy atom. The summed E-state index contributed by atoms with van der Waals surface area (Å²) in [5.74, 6) is 0.363. The van der Waals surface area contributed by atoms with Crippen LogP contribution in [0, 0.1) is 5.82 Å². The third-order valence-corrected chi connectivity index (χ3v) is 2.95. The summed E-state index contributed by atoms with van der Waals surface area (Å²) in [5, 5.41) is 11.6. The Morgan fingerprint density at radius 2 is 2.00 bits per heavy atom. The van der Waals surface area contributed by atoms with E-state index in [0.717, 1.165) is 4.47 Å². The Balaban J connectivity index is 2.61. The third-order valence-electron chi connectivity index (χ3n) is 2.28. The standard InChI is InChI=1S/C11H12BrFN4/c1-11(2,3)10-14-15-16-17(10)9-6-7(13)4-5-8(9)12/h4-6H,1-3H3. The van der Waals surface area contributed by atoms with Crippen molar-refractivity contribution in [2.45, 2.75) is 26.2 Å². The molecule has 0 radical (unpaired) electrons. The number of hydrogen-bond acceptors (Lipinski definition) is 3. The molecule has 0 atom stereocenters. The van der Waals surface area contributed by atoms with Gasteiger partial charge < -0.3 is 0 Å². The lowest BCUT2D eigenvalue weighted by atomic mass is 9.96. The van der Waals surface area contributed by atoms with Gasteiger partial charge in [-0.2, -0.15) is 4.68 Å². The van der Waals surface area contributed by atoms with Crippen molar-refractivity contribution in [3.05, 3.63) is 34.3 Å². The quantitative estimate of drug-likeness (QED) is 0.813. The highest BCUT2D eigenvalue weighted by Gasteiger charge is 2.23. The van der Waals surface area contributed by atoms with Crippen molar-refractivity contribution in [2.24, 2.45) is 0 Å². The largest absolute Gasteiger partial charge is 0.207 e. The molecule has 0 saturated carbocycles. The summed E-state index contributed by atoms with van der Waals surface area (Å²) < 4.78 is 15.6. The highest BCUT2D eigenvalue weighted by atomic mass is 79.9. The van der Waals surface area contributed by atoms with Gasteiger partial charge in [-0.15, -0.1) is 5.10 Å². The van der Waals surface area contributed by atoms with E-state index in [1.165, 1.54) is 12.1 Å². The number of nitrogens with zero attached hydrogens (tertiary/aromatic N) is 4. The summed E-state index contributed by atoms with van der Waals surface area (Å²) in [6.07, 6.45) is 0. The molecule has 0 N–H and O–H groups in total. The van der Waals surface area contributed by atoms with Crippen LogP contribution in [0.5, 0.6) is 0 Å². The first-order valence-corrected chi connectivity index (χ1v) is 5.93. The Morgan fingerprint density at radius 1 is 1.29 bits per heavy atom. The van der Waals surface area contributed by atoms with Crippen molar-refractivity contribution >= 4 is 15.9 Å². The predicted molar refractivity (Wildman–Crippen MR) is 65.5 cm³/mol. The molecule has 1 aromatic heterocycles. The van der Waals surface area contributed by atoms with E-state index in [1.54, 1.807) is 10.7 Å². The van der Waals surface area contributed by atoms with Crippen LogP contribution >= 0.6 is 15.9 Å². The van der Waals surface area contributed by atoms with Crippen LogP contribution in [0.2, 0.25) is 0 Å². The first-order valence-electron chi connectivity index (χ1n) is 5.14. The second kappa shape index (κ2) is 4.18. The molecule has 6 heteroatoms. The van der Waals surface area contributed by atoms with Gasteiger partial charge in [-0.25, -0.2) is 4.39 Å². The Bertz CT molecular complexity index is 545. The van der Waals surface area contributed by atoms with Crippen molar-refractivity contribution in [3.63, 3.8) is 0 Å². The zero-order chi connectivity index (χ0) is 12.6. The average molecular weight is 299 g/mol. The van der Waals surface area contributed by atoms with Crippen molar-refractivity contribution in [1.82, 2.24) is 20.2 Å². The van der Waals surface area contributed by atoms with Crippen LogP contribution in [0.3, 0.4) is 0 Å². The molecule has 0 amide bonds. The molecule has 1 heterocycles. The minimum absolute atomic E-state index is 0.213. The lowest BCUT2D eigenvalue weighted by molar-refractivity contribution is 0.524. The SMILES string of the molecule is CC(C)(C)c1nnnn1-c1cc(F)ccc1Br. The van der Waals surface area contributed by atoms with E-state index in [2.05, 4.69) is 31.5 Å². The van der Waals surface area contributed by atoms with Crippen LogP contribution in [-0.4, -0.2) is 20.2 Å². The maximum absolute atomic E-state index is 13.3. The summed E-state index contributed by atoms with van der Waals surface area (Å²) in [6, 6.07) is 4.42. The predicted octanol–water partition coefficient (Wildman–Crippen LogP) is 2.86. The minimum Gasteiger partial charge on any atom is -0.207 e. The van der Waals surface area contributed by atoms with Crippen LogP contribution in [-0.2, 0) is 5.41 Å². The highest BCUT2D eigenvalue weighted by molar-refractivity contribution is 9.10. The van der Waals surface area contributed by atoms with E-state index < -0.39 is 0 Å². The van der Waals surface area contributed by atoms with Crippen LogP contribution in [0.25, 0.3) is 5.69 Å². The van der Waals surface area contributed by atoms with Crippen molar-refractivity contribution < 1.29 is 4.39 Å². The summed E-state index contributed by atoms with van der Waals surface area (Å²) >= 11 is 3.37. The number of tetrazole rings is 1. The van der Waals surface area contributed by atoms with Crippen LogP contribution in [0.4, 0.5) is 4.39 Å². The fraction of sp³-hybridized carbons (Fsp3) is 0.364. The topological polar surface area (TPSA) is 43.6 Å².